The maximum Gasteiger partial charge on any atom is 0.255 e. The molecule has 1 aliphatic heterocycles. The molecule has 1 aliphatic rings. The van der Waals surface area contributed by atoms with Gasteiger partial charge in [-0.15, -0.1) is 0 Å². The summed E-state index contributed by atoms with van der Waals surface area (Å²) < 4.78 is 37.2. The van der Waals surface area contributed by atoms with Gasteiger partial charge in [0.1, 0.15) is 11.5 Å². The van der Waals surface area contributed by atoms with Crippen molar-refractivity contribution < 1.29 is 32.6 Å². The monoisotopic (exact) mass is 463 g/mol. The highest BCUT2D eigenvalue weighted by atomic mass is 32.2. The van der Waals surface area contributed by atoms with Gasteiger partial charge >= 0.3 is 0 Å². The van der Waals surface area contributed by atoms with E-state index >= 15 is 0 Å². The molecular weight excluding hydrogens is 438 g/mol. The van der Waals surface area contributed by atoms with Gasteiger partial charge in [0.25, 0.3) is 5.91 Å². The Balaban J connectivity index is 1.60. The first-order valence-electron chi connectivity index (χ1n) is 9.95. The molecule has 1 heterocycles. The first kappa shape index (κ1) is 23.5. The van der Waals surface area contributed by atoms with Gasteiger partial charge in [0.2, 0.25) is 15.9 Å². The number of phenols is 1. The van der Waals surface area contributed by atoms with Gasteiger partial charge in [-0.1, -0.05) is 12.1 Å². The molecule has 2 amide bonds. The van der Waals surface area contributed by atoms with Gasteiger partial charge in [0.05, 0.1) is 36.5 Å². The number of phenolic OH excluding ortho intramolecular Hbond substituents is 1. The molecule has 0 aromatic heterocycles. The number of hydrogen-bond donors (Lipinski definition) is 3. The van der Waals surface area contributed by atoms with Crippen LogP contribution >= 0.6 is 0 Å². The van der Waals surface area contributed by atoms with Gasteiger partial charge in [-0.3, -0.25) is 9.59 Å². The number of nitrogens with zero attached hydrogens (tertiary/aromatic N) is 1. The number of carbonyl (C=O) groups is 2. The number of aromatic hydroxyl groups is 1. The van der Waals surface area contributed by atoms with Gasteiger partial charge in [-0.2, -0.15) is 4.31 Å². The topological polar surface area (TPSA) is 134 Å². The van der Waals surface area contributed by atoms with Crippen molar-refractivity contribution in [2.45, 2.75) is 11.3 Å². The van der Waals surface area contributed by atoms with E-state index in [4.69, 9.17) is 9.47 Å². The van der Waals surface area contributed by atoms with Crippen molar-refractivity contribution >= 4 is 27.5 Å². The Labute approximate surface area is 186 Å². The molecule has 172 valence electrons. The molecule has 0 saturated carbocycles. The second kappa shape index (κ2) is 10.4. The Bertz CT molecular complexity index is 1080. The van der Waals surface area contributed by atoms with Crippen LogP contribution in [0.2, 0.25) is 0 Å². The third kappa shape index (κ3) is 5.55. The second-order valence-electron chi connectivity index (χ2n) is 6.95. The molecule has 0 atom stereocenters. The number of methoxy groups -OCH3 is 1. The number of morpholine rings is 1. The number of benzene rings is 2. The summed E-state index contributed by atoms with van der Waals surface area (Å²) in [6.45, 7) is 1.12. The van der Waals surface area contributed by atoms with Crippen molar-refractivity contribution in [3.8, 4) is 11.5 Å². The molecule has 0 radical (unpaired) electrons. The van der Waals surface area contributed by atoms with E-state index in [9.17, 15) is 23.1 Å². The summed E-state index contributed by atoms with van der Waals surface area (Å²) in [6.07, 6.45) is -0.0826. The van der Waals surface area contributed by atoms with E-state index in [-0.39, 0.29) is 42.4 Å². The highest BCUT2D eigenvalue weighted by Gasteiger charge is 2.27. The van der Waals surface area contributed by atoms with E-state index in [2.05, 4.69) is 10.6 Å². The highest BCUT2D eigenvalue weighted by molar-refractivity contribution is 7.89. The minimum atomic E-state index is -3.78. The van der Waals surface area contributed by atoms with E-state index in [1.807, 2.05) is 0 Å². The van der Waals surface area contributed by atoms with Crippen molar-refractivity contribution in [2.24, 2.45) is 0 Å². The van der Waals surface area contributed by atoms with Crippen LogP contribution in [-0.2, 0) is 19.6 Å². The van der Waals surface area contributed by atoms with Gasteiger partial charge in [0.15, 0.2) is 0 Å². The summed E-state index contributed by atoms with van der Waals surface area (Å²) in [5, 5.41) is 15.2. The largest absolute Gasteiger partial charge is 0.506 e. The average molecular weight is 464 g/mol. The van der Waals surface area contributed by atoms with E-state index in [0.29, 0.717) is 24.5 Å². The third-order valence-electron chi connectivity index (χ3n) is 4.84. The van der Waals surface area contributed by atoms with Gasteiger partial charge in [0, 0.05) is 26.1 Å². The van der Waals surface area contributed by atoms with E-state index in [1.165, 1.54) is 29.6 Å². The minimum absolute atomic E-state index is 0.0274. The number of hydrogen-bond acceptors (Lipinski definition) is 7. The van der Waals surface area contributed by atoms with E-state index < -0.39 is 21.8 Å². The van der Waals surface area contributed by atoms with Crippen molar-refractivity contribution in [3.05, 3.63) is 48.0 Å². The SMILES string of the molecule is COc1ccccc1C(=O)NCCC(=O)Nc1cc(S(=O)(=O)N2CCOCC2)ccc1O. The molecule has 3 N–H and O–H groups in total. The van der Waals surface area contributed by atoms with Crippen molar-refractivity contribution in [2.75, 3.05) is 45.3 Å². The van der Waals surface area contributed by atoms with Crippen LogP contribution in [0.15, 0.2) is 47.4 Å². The zero-order valence-electron chi connectivity index (χ0n) is 17.5. The quantitative estimate of drug-likeness (QED) is 0.501. The number of rotatable bonds is 8. The van der Waals surface area contributed by atoms with Crippen LogP contribution in [0.4, 0.5) is 5.69 Å². The molecule has 0 unspecified atom stereocenters. The lowest BCUT2D eigenvalue weighted by Gasteiger charge is -2.26. The minimum Gasteiger partial charge on any atom is -0.506 e. The standard InChI is InChI=1S/C21H25N3O7S/c1-30-19-5-3-2-4-16(19)21(27)22-9-8-20(26)23-17-14-15(6-7-18(17)25)32(28,29)24-10-12-31-13-11-24/h2-7,14,25H,8-13H2,1H3,(H,22,27)(H,23,26). The Morgan fingerprint density at radius 2 is 1.88 bits per heavy atom. The molecule has 2 aromatic carbocycles. The summed E-state index contributed by atoms with van der Waals surface area (Å²) in [4.78, 5) is 24.5. The van der Waals surface area contributed by atoms with Crippen LogP contribution in [0.5, 0.6) is 11.5 Å². The summed E-state index contributed by atoms with van der Waals surface area (Å²) in [5.41, 5.74) is 0.314. The van der Waals surface area contributed by atoms with Gasteiger partial charge < -0.3 is 25.2 Å². The molecule has 1 fully saturated rings. The van der Waals surface area contributed by atoms with Crippen LogP contribution in [0.1, 0.15) is 16.8 Å². The first-order chi connectivity index (χ1) is 15.3. The smallest absolute Gasteiger partial charge is 0.255 e. The Kier molecular flexibility index (Phi) is 7.67. The Morgan fingerprint density at radius 3 is 2.59 bits per heavy atom. The van der Waals surface area contributed by atoms with Gasteiger partial charge in [-0.25, -0.2) is 8.42 Å². The number of amides is 2. The number of nitrogens with one attached hydrogen (secondary N) is 2. The fourth-order valence-corrected chi connectivity index (χ4v) is 4.58. The maximum atomic E-state index is 12.8. The van der Waals surface area contributed by atoms with Crippen molar-refractivity contribution in [1.82, 2.24) is 9.62 Å². The molecule has 11 heteroatoms. The van der Waals surface area contributed by atoms with Crippen LogP contribution in [0, 0.1) is 0 Å². The highest BCUT2D eigenvalue weighted by Crippen LogP contribution is 2.28. The molecule has 0 spiro atoms. The molecule has 1 saturated heterocycles. The Hall–Kier alpha value is -3.15. The predicted molar refractivity (Wildman–Crippen MR) is 116 cm³/mol. The fourth-order valence-electron chi connectivity index (χ4n) is 3.14. The van der Waals surface area contributed by atoms with Gasteiger partial charge in [-0.05, 0) is 30.3 Å². The number of carbonyl (C=O) groups excluding carboxylic acids is 2. The molecular formula is C21H25N3O7S. The van der Waals surface area contributed by atoms with Crippen LogP contribution in [0.25, 0.3) is 0 Å². The lowest BCUT2D eigenvalue weighted by Crippen LogP contribution is -2.40. The van der Waals surface area contributed by atoms with Crippen LogP contribution in [0.3, 0.4) is 0 Å². The molecule has 2 aromatic rings. The number of ether oxygens (including phenoxy) is 2. The number of anilines is 1. The third-order valence-corrected chi connectivity index (χ3v) is 6.73. The second-order valence-corrected chi connectivity index (χ2v) is 8.89. The lowest BCUT2D eigenvalue weighted by atomic mass is 10.2. The lowest BCUT2D eigenvalue weighted by molar-refractivity contribution is -0.116. The predicted octanol–water partition coefficient (Wildman–Crippen LogP) is 1.18. The van der Waals surface area contributed by atoms with E-state index in [0.717, 1.165) is 0 Å². The fraction of sp³-hybridized carbons (Fsp3) is 0.333. The maximum absolute atomic E-state index is 12.8. The van der Waals surface area contributed by atoms with Crippen molar-refractivity contribution in [3.63, 3.8) is 0 Å². The first-order valence-corrected chi connectivity index (χ1v) is 11.4. The summed E-state index contributed by atoms with van der Waals surface area (Å²) >= 11 is 0. The Morgan fingerprint density at radius 1 is 1.16 bits per heavy atom. The molecule has 10 nitrogen and oxygen atoms in total. The van der Waals surface area contributed by atoms with Crippen molar-refractivity contribution in [1.29, 1.82) is 0 Å². The summed E-state index contributed by atoms with van der Waals surface area (Å²) in [6, 6.07) is 10.4. The zero-order valence-corrected chi connectivity index (χ0v) is 18.4. The molecule has 32 heavy (non-hydrogen) atoms. The van der Waals surface area contributed by atoms with Crippen LogP contribution < -0.4 is 15.4 Å². The van der Waals surface area contributed by atoms with Crippen LogP contribution in [-0.4, -0.2) is 69.6 Å². The molecule has 0 aliphatic carbocycles. The summed E-state index contributed by atoms with van der Waals surface area (Å²) in [5.74, 6) is -0.742. The molecule has 0 bridgehead atoms. The van der Waals surface area contributed by atoms with E-state index in [1.54, 1.807) is 24.3 Å². The zero-order chi connectivity index (χ0) is 23.1. The average Bonchev–Trinajstić information content (AvgIpc) is 2.80. The molecule has 3 rings (SSSR count). The normalized spacial score (nSPS) is 14.5. The summed E-state index contributed by atoms with van der Waals surface area (Å²) in [7, 11) is -2.32. The number of para-hydroxylation sites is 1. The number of sulfonamides is 1.